The molecule has 2 aliphatic rings. The normalized spacial score (nSPS) is 17.8. The Bertz CT molecular complexity index is 1170. The molecule has 0 radical (unpaired) electrons. The topological polar surface area (TPSA) is 67.9 Å². The molecule has 1 amide bonds. The van der Waals surface area contributed by atoms with Gasteiger partial charge in [-0.25, -0.2) is 9.18 Å². The highest BCUT2D eigenvalue weighted by atomic mass is 19.1. The van der Waals surface area contributed by atoms with Crippen LogP contribution >= 0.6 is 0 Å². The molecule has 2 aliphatic heterocycles. The fraction of sp³-hybridized carbons (Fsp3) is 0.231. The smallest absolute Gasteiger partial charge is 0.339 e. The number of benzene rings is 3. The quantitative estimate of drug-likeness (QED) is 0.603. The van der Waals surface area contributed by atoms with Crippen LogP contribution in [0.5, 0.6) is 0 Å². The first-order valence-corrected chi connectivity index (χ1v) is 10.9. The van der Waals surface area contributed by atoms with E-state index in [1.807, 2.05) is 24.3 Å². The number of anilines is 2. The maximum absolute atomic E-state index is 13.2. The number of rotatable bonds is 4. The predicted molar refractivity (Wildman–Crippen MR) is 122 cm³/mol. The summed E-state index contributed by atoms with van der Waals surface area (Å²) in [5, 5.41) is 2.92. The molecule has 3 aromatic carbocycles. The number of morpholine rings is 1. The minimum absolute atomic E-state index is 0.255. The zero-order valence-electron chi connectivity index (χ0n) is 17.9. The second-order valence-corrected chi connectivity index (χ2v) is 8.12. The Balaban J connectivity index is 1.30. The Morgan fingerprint density at radius 3 is 2.42 bits per heavy atom. The van der Waals surface area contributed by atoms with Gasteiger partial charge in [-0.1, -0.05) is 12.1 Å². The highest BCUT2D eigenvalue weighted by molar-refractivity contribution is 6.05. The molecule has 0 bridgehead atoms. The maximum Gasteiger partial charge on any atom is 0.339 e. The highest BCUT2D eigenvalue weighted by Gasteiger charge is 2.28. The van der Waals surface area contributed by atoms with Crippen LogP contribution in [0.4, 0.5) is 15.8 Å². The third kappa shape index (κ3) is 4.59. The highest BCUT2D eigenvalue weighted by Crippen LogP contribution is 2.31. The van der Waals surface area contributed by atoms with Crippen molar-refractivity contribution in [3.63, 3.8) is 0 Å². The van der Waals surface area contributed by atoms with Gasteiger partial charge < -0.3 is 19.7 Å². The molecule has 2 heterocycles. The second kappa shape index (κ2) is 9.03. The summed E-state index contributed by atoms with van der Waals surface area (Å²) in [5.41, 5.74) is 4.13. The van der Waals surface area contributed by atoms with E-state index < -0.39 is 12.1 Å². The number of amides is 1. The van der Waals surface area contributed by atoms with Crippen molar-refractivity contribution in [2.75, 3.05) is 36.5 Å². The molecular formula is C26H23FN2O4. The van der Waals surface area contributed by atoms with Crippen LogP contribution in [-0.4, -0.2) is 38.2 Å². The number of nitrogens with one attached hydrogen (secondary N) is 1. The summed E-state index contributed by atoms with van der Waals surface area (Å²) in [6.07, 6.45) is -0.0983. The number of carbonyl (C=O) groups is 2. The number of carbonyl (C=O) groups excluding carboxylic acids is 2. The van der Waals surface area contributed by atoms with Gasteiger partial charge in [0.1, 0.15) is 11.9 Å². The number of ether oxygens (including phenoxy) is 2. The monoisotopic (exact) mass is 446 g/mol. The first kappa shape index (κ1) is 21.2. The minimum atomic E-state index is -0.517. The molecule has 1 fully saturated rings. The van der Waals surface area contributed by atoms with Gasteiger partial charge in [-0.2, -0.15) is 0 Å². The van der Waals surface area contributed by atoms with E-state index in [-0.39, 0.29) is 11.7 Å². The number of hydrogen-bond acceptors (Lipinski definition) is 5. The molecule has 33 heavy (non-hydrogen) atoms. The lowest BCUT2D eigenvalue weighted by Crippen LogP contribution is -2.36. The van der Waals surface area contributed by atoms with E-state index in [2.05, 4.69) is 10.2 Å². The lowest BCUT2D eigenvalue weighted by molar-refractivity contribution is 0.0252. The van der Waals surface area contributed by atoms with Crippen molar-refractivity contribution in [1.82, 2.24) is 0 Å². The van der Waals surface area contributed by atoms with Gasteiger partial charge in [0.05, 0.1) is 18.8 Å². The van der Waals surface area contributed by atoms with Gasteiger partial charge in [-0.15, -0.1) is 0 Å². The average molecular weight is 446 g/mol. The Morgan fingerprint density at radius 2 is 1.70 bits per heavy atom. The molecule has 0 unspecified atom stereocenters. The van der Waals surface area contributed by atoms with Gasteiger partial charge in [0, 0.05) is 36.4 Å². The van der Waals surface area contributed by atoms with Crippen molar-refractivity contribution in [3.05, 3.63) is 94.8 Å². The summed E-state index contributed by atoms with van der Waals surface area (Å²) < 4.78 is 24.2. The summed E-state index contributed by atoms with van der Waals surface area (Å²) in [6, 6.07) is 18.6. The van der Waals surface area contributed by atoms with E-state index in [0.29, 0.717) is 42.0 Å². The minimum Gasteiger partial charge on any atom is -0.454 e. The van der Waals surface area contributed by atoms with Crippen molar-refractivity contribution >= 4 is 23.3 Å². The van der Waals surface area contributed by atoms with Crippen molar-refractivity contribution in [3.8, 4) is 0 Å². The SMILES string of the molecule is O=C(Nc1ccc(N2CCOCC2)cc1)c1ccc2c(c1)C[C@H](c1ccc(F)cc1)OC2=O. The molecule has 7 heteroatoms. The molecule has 6 nitrogen and oxygen atoms in total. The molecule has 0 aromatic heterocycles. The summed E-state index contributed by atoms with van der Waals surface area (Å²) in [4.78, 5) is 27.6. The van der Waals surface area contributed by atoms with E-state index in [1.165, 1.54) is 12.1 Å². The molecule has 168 valence electrons. The Hall–Kier alpha value is -3.71. The molecule has 5 rings (SSSR count). The number of esters is 1. The van der Waals surface area contributed by atoms with Gasteiger partial charge in [-0.05, 0) is 65.7 Å². The third-order valence-corrected chi connectivity index (χ3v) is 5.99. The second-order valence-electron chi connectivity index (χ2n) is 8.12. The van der Waals surface area contributed by atoms with Crippen LogP contribution in [0.3, 0.4) is 0 Å². The molecule has 1 atom stereocenters. The molecular weight excluding hydrogens is 423 g/mol. The molecule has 0 aliphatic carbocycles. The van der Waals surface area contributed by atoms with Crippen LogP contribution in [0.25, 0.3) is 0 Å². The zero-order valence-corrected chi connectivity index (χ0v) is 17.9. The molecule has 3 aromatic rings. The fourth-order valence-electron chi connectivity index (χ4n) is 4.18. The standard InChI is InChI=1S/C26H23FN2O4/c27-20-4-1-17(2-5-20)24-16-19-15-18(3-10-23(19)26(31)33-24)25(30)28-21-6-8-22(9-7-21)29-11-13-32-14-12-29/h1-10,15,24H,11-14,16H2,(H,28,30)/t24-/m1/s1. The van der Waals surface area contributed by atoms with E-state index >= 15 is 0 Å². The first-order chi connectivity index (χ1) is 16.1. The molecule has 1 saturated heterocycles. The van der Waals surface area contributed by atoms with E-state index in [1.54, 1.807) is 30.3 Å². The Labute approximate surface area is 190 Å². The van der Waals surface area contributed by atoms with Gasteiger partial charge in [-0.3, -0.25) is 4.79 Å². The Morgan fingerprint density at radius 1 is 0.970 bits per heavy atom. The third-order valence-electron chi connectivity index (χ3n) is 5.99. The van der Waals surface area contributed by atoms with Gasteiger partial charge in [0.2, 0.25) is 0 Å². The number of hydrogen-bond donors (Lipinski definition) is 1. The van der Waals surface area contributed by atoms with Crippen LogP contribution in [0.15, 0.2) is 66.7 Å². The molecule has 0 saturated carbocycles. The number of nitrogens with zero attached hydrogens (tertiary/aromatic N) is 1. The van der Waals surface area contributed by atoms with Crippen LogP contribution in [-0.2, 0) is 15.9 Å². The van der Waals surface area contributed by atoms with Gasteiger partial charge in [0.15, 0.2) is 0 Å². The van der Waals surface area contributed by atoms with E-state index in [4.69, 9.17) is 9.47 Å². The average Bonchev–Trinajstić information content (AvgIpc) is 2.85. The van der Waals surface area contributed by atoms with Crippen molar-refractivity contribution in [1.29, 1.82) is 0 Å². The summed E-state index contributed by atoms with van der Waals surface area (Å²) in [6.45, 7) is 3.13. The van der Waals surface area contributed by atoms with Crippen molar-refractivity contribution in [2.24, 2.45) is 0 Å². The molecule has 0 spiro atoms. The van der Waals surface area contributed by atoms with Gasteiger partial charge >= 0.3 is 5.97 Å². The summed E-state index contributed by atoms with van der Waals surface area (Å²) in [7, 11) is 0. The number of fused-ring (bicyclic) bond motifs is 1. The van der Waals surface area contributed by atoms with E-state index in [0.717, 1.165) is 24.3 Å². The lowest BCUT2D eigenvalue weighted by atomic mass is 9.93. The predicted octanol–water partition coefficient (Wildman–Crippen LogP) is 4.37. The van der Waals surface area contributed by atoms with Gasteiger partial charge in [0.25, 0.3) is 5.91 Å². The van der Waals surface area contributed by atoms with Crippen LogP contribution < -0.4 is 10.2 Å². The maximum atomic E-state index is 13.2. The first-order valence-electron chi connectivity index (χ1n) is 10.9. The fourth-order valence-corrected chi connectivity index (χ4v) is 4.18. The van der Waals surface area contributed by atoms with Crippen LogP contribution in [0, 0.1) is 5.82 Å². The van der Waals surface area contributed by atoms with Crippen LogP contribution in [0.2, 0.25) is 0 Å². The number of cyclic esters (lactones) is 1. The summed E-state index contributed by atoms with van der Waals surface area (Å²) in [5.74, 6) is -1.05. The van der Waals surface area contributed by atoms with Crippen molar-refractivity contribution < 1.29 is 23.5 Å². The molecule has 1 N–H and O–H groups in total. The van der Waals surface area contributed by atoms with Crippen LogP contribution in [0.1, 0.15) is 37.9 Å². The van der Waals surface area contributed by atoms with E-state index in [9.17, 15) is 14.0 Å². The number of halogens is 1. The summed E-state index contributed by atoms with van der Waals surface area (Å²) >= 11 is 0. The van der Waals surface area contributed by atoms with Crippen molar-refractivity contribution in [2.45, 2.75) is 12.5 Å². The Kier molecular flexibility index (Phi) is 5.79. The zero-order chi connectivity index (χ0) is 22.8. The lowest BCUT2D eigenvalue weighted by Gasteiger charge is -2.28. The largest absolute Gasteiger partial charge is 0.454 e.